The number of nitrogens with one attached hydrogen (secondary N) is 1. The van der Waals surface area contributed by atoms with Crippen LogP contribution in [0.1, 0.15) is 10.4 Å². The van der Waals surface area contributed by atoms with Crippen LogP contribution in [-0.4, -0.2) is 25.1 Å². The summed E-state index contributed by atoms with van der Waals surface area (Å²) in [7, 11) is 3.00. The van der Waals surface area contributed by atoms with Crippen LogP contribution in [0.4, 0.5) is 11.4 Å². The van der Waals surface area contributed by atoms with Crippen LogP contribution < -0.4 is 14.8 Å². The van der Waals surface area contributed by atoms with Gasteiger partial charge >= 0.3 is 0 Å². The molecule has 0 saturated carbocycles. The fourth-order valence-corrected chi connectivity index (χ4v) is 1.84. The Bertz CT molecular complexity index is 693. The summed E-state index contributed by atoms with van der Waals surface area (Å²) < 4.78 is 10.2. The molecular weight excluding hydrogens is 288 g/mol. The number of nitro benzene ring substituents is 1. The number of anilines is 1. The summed E-state index contributed by atoms with van der Waals surface area (Å²) >= 11 is 0. The minimum absolute atomic E-state index is 0.143. The van der Waals surface area contributed by atoms with E-state index in [4.69, 9.17) is 9.47 Å². The minimum atomic E-state index is -0.550. The molecule has 0 aliphatic heterocycles. The van der Waals surface area contributed by atoms with E-state index in [9.17, 15) is 14.9 Å². The predicted molar refractivity (Wildman–Crippen MR) is 80.6 cm³/mol. The maximum absolute atomic E-state index is 12.2. The smallest absolute Gasteiger partial charge is 0.270 e. The average Bonchev–Trinajstić information content (AvgIpc) is 2.54. The molecule has 7 heteroatoms. The zero-order valence-corrected chi connectivity index (χ0v) is 12.0. The van der Waals surface area contributed by atoms with Gasteiger partial charge in [-0.2, -0.15) is 0 Å². The molecule has 0 fully saturated rings. The van der Waals surface area contributed by atoms with E-state index in [1.807, 2.05) is 0 Å². The van der Waals surface area contributed by atoms with E-state index in [1.54, 1.807) is 18.2 Å². The zero-order chi connectivity index (χ0) is 16.1. The van der Waals surface area contributed by atoms with Crippen LogP contribution in [0.15, 0.2) is 42.5 Å². The second kappa shape index (κ2) is 6.57. The van der Waals surface area contributed by atoms with Crippen LogP contribution in [0.2, 0.25) is 0 Å². The van der Waals surface area contributed by atoms with Gasteiger partial charge in [-0.25, -0.2) is 0 Å². The first-order valence-corrected chi connectivity index (χ1v) is 6.32. The number of non-ortho nitro benzene ring substituents is 1. The molecule has 0 heterocycles. The molecule has 2 aromatic carbocycles. The largest absolute Gasteiger partial charge is 0.497 e. The van der Waals surface area contributed by atoms with Crippen molar-refractivity contribution < 1.29 is 19.2 Å². The van der Waals surface area contributed by atoms with Gasteiger partial charge in [0.1, 0.15) is 11.5 Å². The summed E-state index contributed by atoms with van der Waals surface area (Å²) in [4.78, 5) is 22.4. The average molecular weight is 302 g/mol. The highest BCUT2D eigenvalue weighted by Crippen LogP contribution is 2.26. The van der Waals surface area contributed by atoms with Crippen molar-refractivity contribution in [3.8, 4) is 11.5 Å². The highest BCUT2D eigenvalue weighted by molar-refractivity contribution is 6.04. The van der Waals surface area contributed by atoms with Gasteiger partial charge < -0.3 is 14.8 Å². The van der Waals surface area contributed by atoms with E-state index in [1.165, 1.54) is 38.5 Å². The lowest BCUT2D eigenvalue weighted by Crippen LogP contribution is -2.12. The van der Waals surface area contributed by atoms with Gasteiger partial charge in [0.05, 0.1) is 19.1 Å². The number of methoxy groups -OCH3 is 2. The fraction of sp³-hybridized carbons (Fsp3) is 0.133. The summed E-state index contributed by atoms with van der Waals surface area (Å²) in [6, 6.07) is 10.4. The number of hydrogen-bond acceptors (Lipinski definition) is 5. The van der Waals surface area contributed by atoms with Crippen molar-refractivity contribution in [1.82, 2.24) is 0 Å². The highest BCUT2D eigenvalue weighted by atomic mass is 16.6. The van der Waals surface area contributed by atoms with Crippen molar-refractivity contribution in [1.29, 1.82) is 0 Å². The third-order valence-corrected chi connectivity index (χ3v) is 2.93. The van der Waals surface area contributed by atoms with Crippen molar-refractivity contribution in [3.05, 3.63) is 58.1 Å². The van der Waals surface area contributed by atoms with Gasteiger partial charge in [0, 0.05) is 41.6 Å². The summed E-state index contributed by atoms with van der Waals surface area (Å²) in [5, 5.41) is 13.4. The lowest BCUT2D eigenvalue weighted by Gasteiger charge is -2.10. The van der Waals surface area contributed by atoms with E-state index in [2.05, 4.69) is 5.32 Å². The second-order valence-corrected chi connectivity index (χ2v) is 4.36. The summed E-state index contributed by atoms with van der Waals surface area (Å²) in [5.41, 5.74) is 0.513. The van der Waals surface area contributed by atoms with Gasteiger partial charge in [-0.15, -0.1) is 0 Å². The monoisotopic (exact) mass is 302 g/mol. The molecule has 22 heavy (non-hydrogen) atoms. The molecule has 114 valence electrons. The molecule has 0 aliphatic carbocycles. The molecule has 1 amide bonds. The first kappa shape index (κ1) is 15.3. The summed E-state index contributed by atoms with van der Waals surface area (Å²) in [6.07, 6.45) is 0. The van der Waals surface area contributed by atoms with Gasteiger partial charge in [0.15, 0.2) is 0 Å². The molecule has 2 aromatic rings. The van der Waals surface area contributed by atoms with Crippen LogP contribution in [0.3, 0.4) is 0 Å². The maximum Gasteiger partial charge on any atom is 0.270 e. The molecule has 0 saturated heterocycles. The van der Waals surface area contributed by atoms with Crippen LogP contribution in [0.5, 0.6) is 11.5 Å². The molecule has 0 aromatic heterocycles. The number of carbonyl (C=O) groups is 1. The Balaban J connectivity index is 2.25. The Morgan fingerprint density at radius 1 is 1.09 bits per heavy atom. The Kier molecular flexibility index (Phi) is 4.57. The van der Waals surface area contributed by atoms with Crippen molar-refractivity contribution >= 4 is 17.3 Å². The first-order chi connectivity index (χ1) is 10.5. The molecule has 2 rings (SSSR count). The van der Waals surface area contributed by atoms with Crippen LogP contribution in [0.25, 0.3) is 0 Å². The van der Waals surface area contributed by atoms with Gasteiger partial charge in [-0.05, 0) is 6.07 Å². The van der Waals surface area contributed by atoms with Crippen molar-refractivity contribution in [3.63, 3.8) is 0 Å². The fourth-order valence-electron chi connectivity index (χ4n) is 1.84. The first-order valence-electron chi connectivity index (χ1n) is 6.32. The van der Waals surface area contributed by atoms with E-state index >= 15 is 0 Å². The third-order valence-electron chi connectivity index (χ3n) is 2.93. The Morgan fingerprint density at radius 3 is 2.27 bits per heavy atom. The molecule has 0 bridgehead atoms. The minimum Gasteiger partial charge on any atom is -0.497 e. The number of carbonyl (C=O) groups excluding carboxylic acids is 1. The molecule has 1 N–H and O–H groups in total. The summed E-state index contributed by atoms with van der Waals surface area (Å²) in [6.45, 7) is 0. The molecule has 7 nitrogen and oxygen atoms in total. The van der Waals surface area contributed by atoms with Gasteiger partial charge in [-0.3, -0.25) is 14.9 Å². The van der Waals surface area contributed by atoms with Crippen molar-refractivity contribution in [2.75, 3.05) is 19.5 Å². The lowest BCUT2D eigenvalue weighted by atomic mass is 10.2. The van der Waals surface area contributed by atoms with Gasteiger partial charge in [0.25, 0.3) is 11.6 Å². The van der Waals surface area contributed by atoms with Gasteiger partial charge in [-0.1, -0.05) is 6.07 Å². The standard InChI is InChI=1S/C15H14N2O5/c1-21-13-7-11(8-14(9-13)22-2)16-15(18)10-4-3-5-12(6-10)17(19)20/h3-9H,1-2H3,(H,16,18). The summed E-state index contributed by atoms with van der Waals surface area (Å²) in [5.74, 6) is 0.585. The quantitative estimate of drug-likeness (QED) is 0.677. The topological polar surface area (TPSA) is 90.7 Å². The second-order valence-electron chi connectivity index (χ2n) is 4.36. The Hall–Kier alpha value is -3.09. The SMILES string of the molecule is COc1cc(NC(=O)c2cccc([N+](=O)[O-])c2)cc(OC)c1. The third kappa shape index (κ3) is 3.51. The van der Waals surface area contributed by atoms with Crippen LogP contribution in [-0.2, 0) is 0 Å². The van der Waals surface area contributed by atoms with Crippen LogP contribution >= 0.6 is 0 Å². The van der Waals surface area contributed by atoms with Gasteiger partial charge in [0.2, 0.25) is 0 Å². The molecule has 0 aliphatic rings. The van der Waals surface area contributed by atoms with E-state index in [-0.39, 0.29) is 11.3 Å². The van der Waals surface area contributed by atoms with E-state index in [0.29, 0.717) is 17.2 Å². The number of ether oxygens (including phenoxy) is 2. The number of hydrogen-bond donors (Lipinski definition) is 1. The lowest BCUT2D eigenvalue weighted by molar-refractivity contribution is -0.384. The Labute approximate surface area is 126 Å². The highest BCUT2D eigenvalue weighted by Gasteiger charge is 2.12. The zero-order valence-electron chi connectivity index (χ0n) is 12.0. The number of amides is 1. The predicted octanol–water partition coefficient (Wildman–Crippen LogP) is 2.86. The number of nitro groups is 1. The number of benzene rings is 2. The molecule has 0 unspecified atom stereocenters. The van der Waals surface area contributed by atoms with E-state index in [0.717, 1.165) is 0 Å². The molecule has 0 spiro atoms. The van der Waals surface area contributed by atoms with E-state index < -0.39 is 10.8 Å². The maximum atomic E-state index is 12.2. The molecule has 0 radical (unpaired) electrons. The molecule has 0 atom stereocenters. The van der Waals surface area contributed by atoms with Crippen LogP contribution in [0, 0.1) is 10.1 Å². The van der Waals surface area contributed by atoms with Crippen molar-refractivity contribution in [2.24, 2.45) is 0 Å². The number of rotatable bonds is 5. The normalized spacial score (nSPS) is 9.91. The number of nitrogens with zero attached hydrogens (tertiary/aromatic N) is 1. The van der Waals surface area contributed by atoms with Crippen molar-refractivity contribution in [2.45, 2.75) is 0 Å². The molecular formula is C15H14N2O5. The Morgan fingerprint density at radius 2 is 1.73 bits per heavy atom.